The molecule has 2 heterocycles. The van der Waals surface area contributed by atoms with Crippen molar-refractivity contribution >= 4 is 38.7 Å². The largest absolute Gasteiger partial charge is 0.341 e. The van der Waals surface area contributed by atoms with E-state index in [0.29, 0.717) is 21.3 Å². The van der Waals surface area contributed by atoms with Gasteiger partial charge in [-0.05, 0) is 34.5 Å². The molecule has 0 N–H and O–H groups in total. The van der Waals surface area contributed by atoms with Crippen LogP contribution in [-0.4, -0.2) is 20.0 Å². The predicted molar refractivity (Wildman–Crippen MR) is 93.5 cm³/mol. The third-order valence-electron chi connectivity index (χ3n) is 3.48. The number of rotatable bonds is 3. The summed E-state index contributed by atoms with van der Waals surface area (Å²) in [5.74, 6) is -0.300. The summed E-state index contributed by atoms with van der Waals surface area (Å²) in [5.41, 5.74) is 1.81. The Morgan fingerprint density at radius 1 is 1.26 bits per heavy atom. The summed E-state index contributed by atoms with van der Waals surface area (Å²) < 4.78 is 3.21. The molecule has 0 aliphatic rings. The first-order chi connectivity index (χ1) is 11.0. The Morgan fingerprint density at radius 2 is 1.96 bits per heavy atom. The van der Waals surface area contributed by atoms with E-state index in [4.69, 9.17) is 0 Å². The van der Waals surface area contributed by atoms with Crippen molar-refractivity contribution in [2.75, 3.05) is 0 Å². The van der Waals surface area contributed by atoms with E-state index < -0.39 is 5.69 Å². The van der Waals surface area contributed by atoms with Gasteiger partial charge < -0.3 is 0 Å². The van der Waals surface area contributed by atoms with Gasteiger partial charge in [-0.25, -0.2) is 18.9 Å². The molecule has 3 rings (SSSR count). The number of fused-ring (bicyclic) bond motifs is 1. The Kier molecular flexibility index (Phi) is 4.00. The van der Waals surface area contributed by atoms with Crippen LogP contribution in [0.25, 0.3) is 16.9 Å². The fraction of sp³-hybridized carbons (Fsp3) is 0.118. The lowest BCUT2D eigenvalue weighted by atomic mass is 10.1. The molecule has 0 atom stereocenters. The minimum absolute atomic E-state index is 0.141. The molecule has 116 valence electrons. The van der Waals surface area contributed by atoms with Crippen LogP contribution >= 0.6 is 15.9 Å². The highest BCUT2D eigenvalue weighted by Crippen LogP contribution is 2.19. The van der Waals surface area contributed by atoms with Gasteiger partial charge in [0.2, 0.25) is 5.91 Å². The topological polar surface area (TPSA) is 56.9 Å². The number of nitrogens with zero attached hydrogens (tertiary/aromatic N) is 3. The lowest BCUT2D eigenvalue weighted by Crippen LogP contribution is -2.29. The Hall–Kier alpha value is -2.47. The molecule has 0 aliphatic carbocycles. The second-order valence-corrected chi connectivity index (χ2v) is 6.16. The maximum Gasteiger partial charge on any atom is 0.341 e. The minimum atomic E-state index is -0.445. The van der Waals surface area contributed by atoms with Gasteiger partial charge in [0, 0.05) is 16.4 Å². The molecule has 0 amide bonds. The molecule has 0 saturated heterocycles. The van der Waals surface area contributed by atoms with Crippen molar-refractivity contribution in [2.24, 2.45) is 0 Å². The van der Waals surface area contributed by atoms with E-state index in [1.54, 1.807) is 19.2 Å². The van der Waals surface area contributed by atoms with E-state index in [2.05, 4.69) is 27.5 Å². The second-order valence-electron chi connectivity index (χ2n) is 5.24. The van der Waals surface area contributed by atoms with Crippen LogP contribution in [0.3, 0.4) is 0 Å². The molecule has 0 aliphatic heterocycles. The number of imidazole rings is 1. The van der Waals surface area contributed by atoms with E-state index in [9.17, 15) is 9.59 Å². The first-order valence-corrected chi connectivity index (χ1v) is 7.80. The monoisotopic (exact) mass is 371 g/mol. The summed E-state index contributed by atoms with van der Waals surface area (Å²) in [6, 6.07) is 11.0. The quantitative estimate of drug-likeness (QED) is 0.709. The molecule has 6 heteroatoms. The lowest BCUT2D eigenvalue weighted by Gasteiger charge is -2.02. The molecule has 0 fully saturated rings. The van der Waals surface area contributed by atoms with Crippen molar-refractivity contribution in [3.63, 3.8) is 0 Å². The van der Waals surface area contributed by atoms with Crippen molar-refractivity contribution in [1.82, 2.24) is 14.1 Å². The number of hydrogen-bond donors (Lipinski definition) is 0. The maximum absolute atomic E-state index is 12.7. The molecular weight excluding hydrogens is 358 g/mol. The van der Waals surface area contributed by atoms with Gasteiger partial charge in [-0.15, -0.1) is 0 Å². The number of pyridine rings is 1. The van der Waals surface area contributed by atoms with Crippen LogP contribution in [0.2, 0.25) is 0 Å². The summed E-state index contributed by atoms with van der Waals surface area (Å²) in [6.07, 6.45) is 1.73. The third kappa shape index (κ3) is 2.77. The first-order valence-electron chi connectivity index (χ1n) is 7.01. The zero-order valence-electron chi connectivity index (χ0n) is 12.5. The highest BCUT2D eigenvalue weighted by Gasteiger charge is 2.20. The molecule has 5 nitrogen and oxygen atoms in total. The van der Waals surface area contributed by atoms with Crippen molar-refractivity contribution < 1.29 is 4.79 Å². The zero-order chi connectivity index (χ0) is 16.6. The molecule has 2 aromatic heterocycles. The Balaban J connectivity index is 2.19. The number of halogens is 1. The molecule has 1 aromatic carbocycles. The maximum atomic E-state index is 12.7. The lowest BCUT2D eigenvalue weighted by molar-refractivity contribution is 0.0915. The van der Waals surface area contributed by atoms with Crippen molar-refractivity contribution in [1.29, 1.82) is 0 Å². The molecule has 0 saturated carbocycles. The van der Waals surface area contributed by atoms with Crippen LogP contribution in [0, 0.1) is 0 Å². The fourth-order valence-electron chi connectivity index (χ4n) is 2.49. The van der Waals surface area contributed by atoms with Crippen LogP contribution in [-0.2, 0) is 6.42 Å². The van der Waals surface area contributed by atoms with Crippen LogP contribution in [0.15, 0.2) is 58.4 Å². The molecule has 0 bridgehead atoms. The van der Waals surface area contributed by atoms with Crippen LogP contribution < -0.4 is 5.69 Å². The van der Waals surface area contributed by atoms with Gasteiger partial charge in [0.15, 0.2) is 5.65 Å². The van der Waals surface area contributed by atoms with E-state index in [-0.39, 0.29) is 12.3 Å². The summed E-state index contributed by atoms with van der Waals surface area (Å²) in [5, 5.41) is 0. The van der Waals surface area contributed by atoms with Gasteiger partial charge >= 0.3 is 5.69 Å². The molecule has 0 unspecified atom stereocenters. The van der Waals surface area contributed by atoms with Crippen LogP contribution in [0.1, 0.15) is 17.3 Å². The number of aromatic nitrogens is 3. The molecule has 23 heavy (non-hydrogen) atoms. The zero-order valence-corrected chi connectivity index (χ0v) is 14.1. The fourth-order valence-corrected chi connectivity index (χ4v) is 2.81. The van der Waals surface area contributed by atoms with Gasteiger partial charge in [0.1, 0.15) is 0 Å². The van der Waals surface area contributed by atoms with Crippen molar-refractivity contribution in [3.8, 4) is 0 Å². The predicted octanol–water partition coefficient (Wildman–Crippen LogP) is 3.33. The number of carbonyl (C=O) groups is 1. The highest BCUT2D eigenvalue weighted by atomic mass is 79.9. The van der Waals surface area contributed by atoms with Gasteiger partial charge in [0.25, 0.3) is 0 Å². The number of allylic oxidation sites excluding steroid dienone is 1. The van der Waals surface area contributed by atoms with Crippen molar-refractivity contribution in [2.45, 2.75) is 13.3 Å². The van der Waals surface area contributed by atoms with Gasteiger partial charge in [0.05, 0.1) is 11.9 Å². The third-order valence-corrected chi connectivity index (χ3v) is 3.91. The summed E-state index contributed by atoms with van der Waals surface area (Å²) in [4.78, 5) is 29.6. The number of carbonyl (C=O) groups excluding carboxylic acids is 1. The smallest absolute Gasteiger partial charge is 0.274 e. The average molecular weight is 372 g/mol. The van der Waals surface area contributed by atoms with E-state index >= 15 is 0 Å². The van der Waals surface area contributed by atoms with Crippen molar-refractivity contribution in [3.05, 3.63) is 69.7 Å². The molecule has 0 spiro atoms. The first kappa shape index (κ1) is 15.4. The van der Waals surface area contributed by atoms with E-state index in [0.717, 1.165) is 10.1 Å². The van der Waals surface area contributed by atoms with Gasteiger partial charge in [-0.1, -0.05) is 36.9 Å². The average Bonchev–Trinajstić information content (AvgIpc) is 2.79. The standard InChI is InChI=1S/C17H14BrN3O2/c1-11(2)20-16-14(9-13(18)10-19-16)21(17(20)23)15(22)8-12-6-4-3-5-7-12/h3-7,9-10H,1,8H2,2H3. The van der Waals surface area contributed by atoms with Gasteiger partial charge in [-0.2, -0.15) is 0 Å². The normalized spacial score (nSPS) is 10.9. The van der Waals surface area contributed by atoms with E-state index in [1.807, 2.05) is 30.3 Å². The van der Waals surface area contributed by atoms with Crippen LogP contribution in [0.5, 0.6) is 0 Å². The molecule has 0 radical (unpaired) electrons. The summed E-state index contributed by atoms with van der Waals surface area (Å²) in [7, 11) is 0. The van der Waals surface area contributed by atoms with E-state index in [1.165, 1.54) is 4.57 Å². The Morgan fingerprint density at radius 3 is 2.61 bits per heavy atom. The number of benzene rings is 1. The minimum Gasteiger partial charge on any atom is -0.274 e. The summed E-state index contributed by atoms with van der Waals surface area (Å²) in [6.45, 7) is 5.51. The van der Waals surface area contributed by atoms with Crippen LogP contribution in [0.4, 0.5) is 0 Å². The Bertz CT molecular complexity index is 971. The second kappa shape index (κ2) is 5.96. The Labute approximate surface area is 141 Å². The molecule has 3 aromatic rings. The molecular formula is C17H14BrN3O2. The summed E-state index contributed by atoms with van der Waals surface area (Å²) >= 11 is 3.33. The highest BCUT2D eigenvalue weighted by molar-refractivity contribution is 9.10. The SMILES string of the molecule is C=C(C)n1c(=O)n(C(=O)Cc2ccccc2)c2cc(Br)cnc21. The number of hydrogen-bond acceptors (Lipinski definition) is 3. The van der Waals surface area contributed by atoms with Gasteiger partial charge in [-0.3, -0.25) is 4.79 Å².